The maximum atomic E-state index is 12.4. The summed E-state index contributed by atoms with van der Waals surface area (Å²) in [5, 5.41) is 2.92. The first-order valence-electron chi connectivity index (χ1n) is 10.1. The molecule has 0 aliphatic heterocycles. The van der Waals surface area contributed by atoms with Crippen LogP contribution in [-0.2, 0) is 22.4 Å². The third-order valence-electron chi connectivity index (χ3n) is 5.49. The Hall–Kier alpha value is -2.14. The molecule has 2 aromatic rings. The van der Waals surface area contributed by atoms with Crippen LogP contribution in [-0.4, -0.2) is 18.5 Å². The lowest BCUT2D eigenvalue weighted by molar-refractivity contribution is -0.119. The van der Waals surface area contributed by atoms with Gasteiger partial charge in [-0.1, -0.05) is 45.4 Å². The molecule has 1 aromatic heterocycles. The Morgan fingerprint density at radius 2 is 2.11 bits per heavy atom. The van der Waals surface area contributed by atoms with E-state index in [1.807, 2.05) is 31.2 Å². The highest BCUT2D eigenvalue weighted by molar-refractivity contribution is 7.14. The van der Waals surface area contributed by atoms with Crippen molar-refractivity contribution in [3.8, 4) is 0 Å². The smallest absolute Gasteiger partial charge is 0.348 e. The van der Waals surface area contributed by atoms with E-state index >= 15 is 0 Å². The van der Waals surface area contributed by atoms with Gasteiger partial charge in [-0.15, -0.1) is 11.3 Å². The first kappa shape index (κ1) is 20.6. The fourth-order valence-corrected chi connectivity index (χ4v) is 4.87. The second-order valence-corrected chi connectivity index (χ2v) is 9.03. The van der Waals surface area contributed by atoms with Crippen molar-refractivity contribution in [2.75, 3.05) is 11.9 Å². The molecule has 0 fully saturated rings. The summed E-state index contributed by atoms with van der Waals surface area (Å²) in [7, 11) is 0. The van der Waals surface area contributed by atoms with Crippen molar-refractivity contribution in [2.45, 2.75) is 59.3 Å². The quantitative estimate of drug-likeness (QED) is 0.654. The Bertz CT molecular complexity index is 869. The fourth-order valence-electron chi connectivity index (χ4n) is 3.77. The van der Waals surface area contributed by atoms with Gasteiger partial charge in [-0.25, -0.2) is 4.79 Å². The number of rotatable bonds is 6. The van der Waals surface area contributed by atoms with Crippen molar-refractivity contribution in [1.29, 1.82) is 0 Å². The van der Waals surface area contributed by atoms with Gasteiger partial charge in [0.1, 0.15) is 4.88 Å². The monoisotopic (exact) mass is 399 g/mol. The first-order chi connectivity index (χ1) is 13.4. The zero-order chi connectivity index (χ0) is 20.3. The molecule has 1 N–H and O–H groups in total. The van der Waals surface area contributed by atoms with Crippen molar-refractivity contribution in [1.82, 2.24) is 0 Å². The number of hydrogen-bond donors (Lipinski definition) is 1. The van der Waals surface area contributed by atoms with E-state index in [1.165, 1.54) is 34.6 Å². The number of thiophene rings is 1. The van der Waals surface area contributed by atoms with Crippen LogP contribution in [0.2, 0.25) is 0 Å². The van der Waals surface area contributed by atoms with Crippen molar-refractivity contribution in [3.63, 3.8) is 0 Å². The number of carbonyl (C=O) groups is 2. The summed E-state index contributed by atoms with van der Waals surface area (Å²) in [6.07, 6.45) is 4.45. The minimum absolute atomic E-state index is 0.273. The molecule has 1 aromatic carbocycles. The summed E-state index contributed by atoms with van der Waals surface area (Å²) in [6.45, 7) is 8.09. The summed E-state index contributed by atoms with van der Waals surface area (Å²) in [5.74, 6) is 0.288. The van der Waals surface area contributed by atoms with E-state index in [-0.39, 0.29) is 12.5 Å². The molecular weight excluding hydrogens is 370 g/mol. The molecule has 1 amide bonds. The number of hydrogen-bond acceptors (Lipinski definition) is 4. The zero-order valence-corrected chi connectivity index (χ0v) is 17.9. The summed E-state index contributed by atoms with van der Waals surface area (Å²) >= 11 is 1.51. The molecule has 1 aliphatic carbocycles. The lowest BCUT2D eigenvalue weighted by atomic mass is 9.87. The van der Waals surface area contributed by atoms with Gasteiger partial charge in [-0.05, 0) is 60.8 Å². The van der Waals surface area contributed by atoms with E-state index in [9.17, 15) is 9.59 Å². The van der Waals surface area contributed by atoms with Crippen LogP contribution < -0.4 is 5.32 Å². The number of carbonyl (C=O) groups excluding carboxylic acids is 2. The Morgan fingerprint density at radius 1 is 1.32 bits per heavy atom. The van der Waals surface area contributed by atoms with Crippen LogP contribution >= 0.6 is 11.3 Å². The van der Waals surface area contributed by atoms with Gasteiger partial charge in [0.15, 0.2) is 6.61 Å². The Labute approximate surface area is 171 Å². The number of anilines is 1. The molecule has 0 bridgehead atoms. The lowest BCUT2D eigenvalue weighted by Crippen LogP contribution is -2.22. The van der Waals surface area contributed by atoms with E-state index in [0.29, 0.717) is 16.7 Å². The second-order valence-electron chi connectivity index (χ2n) is 7.89. The van der Waals surface area contributed by atoms with Gasteiger partial charge < -0.3 is 10.1 Å². The van der Waals surface area contributed by atoms with Crippen LogP contribution in [0.1, 0.15) is 70.8 Å². The Balaban J connectivity index is 1.60. The van der Waals surface area contributed by atoms with E-state index in [0.717, 1.165) is 29.7 Å². The molecule has 150 valence electrons. The summed E-state index contributed by atoms with van der Waals surface area (Å²) in [4.78, 5) is 26.7. The van der Waals surface area contributed by atoms with Crippen molar-refractivity contribution < 1.29 is 14.3 Å². The highest BCUT2D eigenvalue weighted by Gasteiger charge is 2.23. The molecule has 0 saturated carbocycles. The average Bonchev–Trinajstić information content (AvgIpc) is 3.10. The average molecular weight is 400 g/mol. The largest absolute Gasteiger partial charge is 0.451 e. The number of amides is 1. The van der Waals surface area contributed by atoms with Crippen LogP contribution in [0.25, 0.3) is 0 Å². The maximum absolute atomic E-state index is 12.4. The molecule has 0 saturated heterocycles. The molecule has 3 rings (SSSR count). The van der Waals surface area contributed by atoms with Crippen molar-refractivity contribution in [2.24, 2.45) is 5.92 Å². The molecule has 1 atom stereocenters. The molecule has 5 heteroatoms. The number of para-hydroxylation sites is 1. The van der Waals surface area contributed by atoms with Crippen LogP contribution in [0, 0.1) is 12.8 Å². The maximum Gasteiger partial charge on any atom is 0.348 e. The molecule has 28 heavy (non-hydrogen) atoms. The van der Waals surface area contributed by atoms with Gasteiger partial charge in [0.25, 0.3) is 5.91 Å². The molecule has 0 radical (unpaired) electrons. The van der Waals surface area contributed by atoms with Crippen LogP contribution in [0.15, 0.2) is 24.3 Å². The number of aryl methyl sites for hydroxylation is 2. The predicted molar refractivity (Wildman–Crippen MR) is 114 cm³/mol. The third kappa shape index (κ3) is 4.64. The van der Waals surface area contributed by atoms with Crippen LogP contribution in [0.4, 0.5) is 5.69 Å². The predicted octanol–water partition coefficient (Wildman–Crippen LogP) is 5.49. The van der Waals surface area contributed by atoms with E-state index in [4.69, 9.17) is 4.74 Å². The highest BCUT2D eigenvalue weighted by Crippen LogP contribution is 2.34. The van der Waals surface area contributed by atoms with Crippen LogP contribution in [0.5, 0.6) is 0 Å². The summed E-state index contributed by atoms with van der Waals surface area (Å²) in [5.41, 5.74) is 4.18. The minimum Gasteiger partial charge on any atom is -0.451 e. The fraction of sp³-hybridized carbons (Fsp3) is 0.478. The molecular formula is C23H29NO3S. The normalized spacial score (nSPS) is 16.0. The van der Waals surface area contributed by atoms with E-state index < -0.39 is 5.97 Å². The van der Waals surface area contributed by atoms with Gasteiger partial charge in [0.05, 0.1) is 0 Å². The van der Waals surface area contributed by atoms with Crippen molar-refractivity contribution >= 4 is 28.9 Å². The Kier molecular flexibility index (Phi) is 6.55. The minimum atomic E-state index is -0.406. The van der Waals surface area contributed by atoms with Gasteiger partial charge in [0, 0.05) is 10.6 Å². The van der Waals surface area contributed by atoms with Crippen molar-refractivity contribution in [3.05, 3.63) is 50.7 Å². The molecule has 4 nitrogen and oxygen atoms in total. The molecule has 0 spiro atoms. The third-order valence-corrected chi connectivity index (χ3v) is 6.71. The SMILES string of the molecule is CC[C@H]1CCc2sc(C(=O)OCC(=O)Nc3c(C)cccc3C(C)C)cc2C1. The standard InChI is InChI=1S/C23H29NO3S/c1-5-16-9-10-19-17(11-16)12-20(28-19)23(26)27-13-21(25)24-22-15(4)7-6-8-18(22)14(2)3/h6-8,12,14,16H,5,9-11,13H2,1-4H3,(H,24,25)/t16-/m0/s1. The lowest BCUT2D eigenvalue weighted by Gasteiger charge is -2.19. The second kappa shape index (κ2) is 8.91. The summed E-state index contributed by atoms with van der Waals surface area (Å²) < 4.78 is 5.29. The highest BCUT2D eigenvalue weighted by atomic mass is 32.1. The van der Waals surface area contributed by atoms with Gasteiger partial charge in [-0.2, -0.15) is 0 Å². The van der Waals surface area contributed by atoms with Crippen LogP contribution in [0.3, 0.4) is 0 Å². The molecule has 1 aliphatic rings. The van der Waals surface area contributed by atoms with E-state index in [1.54, 1.807) is 0 Å². The number of esters is 1. The first-order valence-corrected chi connectivity index (χ1v) is 10.9. The number of fused-ring (bicyclic) bond motifs is 1. The molecule has 0 unspecified atom stereocenters. The van der Waals surface area contributed by atoms with E-state index in [2.05, 4.69) is 26.1 Å². The topological polar surface area (TPSA) is 55.4 Å². The number of nitrogens with one attached hydrogen (secondary N) is 1. The number of benzene rings is 1. The molecule has 1 heterocycles. The Morgan fingerprint density at radius 3 is 2.82 bits per heavy atom. The van der Waals surface area contributed by atoms with Gasteiger partial charge in [0.2, 0.25) is 0 Å². The zero-order valence-electron chi connectivity index (χ0n) is 17.1. The summed E-state index contributed by atoms with van der Waals surface area (Å²) in [6, 6.07) is 7.93. The van der Waals surface area contributed by atoms with Gasteiger partial charge in [-0.3, -0.25) is 4.79 Å². The number of ether oxygens (including phenoxy) is 1. The van der Waals surface area contributed by atoms with Gasteiger partial charge >= 0.3 is 5.97 Å².